The molecular weight excluding hydrogens is 204 g/mol. The maximum Gasteiger partial charge on any atom is 0.310 e. The normalized spacial score (nSPS) is 27.4. The van der Waals surface area contributed by atoms with E-state index < -0.39 is 0 Å². The van der Waals surface area contributed by atoms with E-state index in [-0.39, 0.29) is 23.2 Å². The van der Waals surface area contributed by atoms with Crippen LogP contribution >= 0.6 is 0 Å². The van der Waals surface area contributed by atoms with E-state index in [1.54, 1.807) is 6.92 Å². The van der Waals surface area contributed by atoms with Gasteiger partial charge in [0.1, 0.15) is 6.29 Å². The summed E-state index contributed by atoms with van der Waals surface area (Å²) in [5.74, 6) is -0.0807. The quantitative estimate of drug-likeness (QED) is 0.409. The van der Waals surface area contributed by atoms with Gasteiger partial charge in [0.05, 0.1) is 12.5 Å². The summed E-state index contributed by atoms with van der Waals surface area (Å²) in [6.07, 6.45) is 3.54. The summed E-state index contributed by atoms with van der Waals surface area (Å²) in [5, 5.41) is 0. The first kappa shape index (κ1) is 12.9. The highest BCUT2D eigenvalue weighted by Crippen LogP contribution is 2.59. The van der Waals surface area contributed by atoms with Crippen molar-refractivity contribution in [2.75, 3.05) is 6.61 Å². The third kappa shape index (κ3) is 2.52. The lowest BCUT2D eigenvalue weighted by atomic mass is 10.1. The van der Waals surface area contributed by atoms with Gasteiger partial charge in [-0.1, -0.05) is 26.8 Å². The zero-order valence-corrected chi connectivity index (χ0v) is 10.4. The first-order valence-corrected chi connectivity index (χ1v) is 5.75. The Morgan fingerprint density at radius 2 is 2.06 bits per heavy atom. The molecule has 1 fully saturated rings. The van der Waals surface area contributed by atoms with Crippen molar-refractivity contribution in [3.05, 3.63) is 11.6 Å². The lowest BCUT2D eigenvalue weighted by Gasteiger charge is -2.03. The van der Waals surface area contributed by atoms with Gasteiger partial charge in [-0.05, 0) is 30.3 Å². The first-order chi connectivity index (χ1) is 7.45. The van der Waals surface area contributed by atoms with Crippen LogP contribution in [0.3, 0.4) is 0 Å². The predicted molar refractivity (Wildman–Crippen MR) is 61.8 cm³/mol. The fourth-order valence-electron chi connectivity index (χ4n) is 2.05. The molecule has 90 valence electrons. The Hall–Kier alpha value is -1.12. The molecule has 0 aromatic rings. The molecule has 0 saturated heterocycles. The number of allylic oxidation sites excluding steroid dienone is 2. The smallest absolute Gasteiger partial charge is 0.310 e. The van der Waals surface area contributed by atoms with Crippen LogP contribution in [0.4, 0.5) is 0 Å². The van der Waals surface area contributed by atoms with E-state index in [2.05, 4.69) is 0 Å². The molecule has 0 aromatic carbocycles. The highest BCUT2D eigenvalue weighted by Gasteiger charge is 2.61. The van der Waals surface area contributed by atoms with Crippen molar-refractivity contribution in [3.8, 4) is 0 Å². The van der Waals surface area contributed by atoms with Crippen molar-refractivity contribution < 1.29 is 14.3 Å². The summed E-state index contributed by atoms with van der Waals surface area (Å²) in [4.78, 5) is 22.3. The van der Waals surface area contributed by atoms with Crippen LogP contribution in [0, 0.1) is 17.3 Å². The molecule has 0 aromatic heterocycles. The number of hydrogen-bond donors (Lipinski definition) is 0. The predicted octanol–water partition coefficient (Wildman–Crippen LogP) is 2.36. The Labute approximate surface area is 96.9 Å². The summed E-state index contributed by atoms with van der Waals surface area (Å²) in [6.45, 7) is 8.28. The summed E-state index contributed by atoms with van der Waals surface area (Å²) < 4.78 is 5.14. The summed E-state index contributed by atoms with van der Waals surface area (Å²) >= 11 is 0. The van der Waals surface area contributed by atoms with Crippen LogP contribution in [0.25, 0.3) is 0 Å². The van der Waals surface area contributed by atoms with Crippen LogP contribution in [-0.2, 0) is 14.3 Å². The van der Waals surface area contributed by atoms with E-state index >= 15 is 0 Å². The zero-order chi connectivity index (χ0) is 12.3. The zero-order valence-electron chi connectivity index (χ0n) is 10.4. The molecule has 16 heavy (non-hydrogen) atoms. The second kappa shape index (κ2) is 4.81. The van der Waals surface area contributed by atoms with Crippen molar-refractivity contribution >= 4 is 12.3 Å². The Morgan fingerprint density at radius 3 is 2.56 bits per heavy atom. The molecule has 1 saturated carbocycles. The Balaban J connectivity index is 2.63. The molecule has 1 aliphatic rings. The number of carbonyl (C=O) groups excluding carboxylic acids is 2. The van der Waals surface area contributed by atoms with Gasteiger partial charge in [0.2, 0.25) is 0 Å². The Morgan fingerprint density at radius 1 is 1.44 bits per heavy atom. The minimum atomic E-state index is -0.133. The van der Waals surface area contributed by atoms with E-state index in [0.717, 1.165) is 12.7 Å². The summed E-state index contributed by atoms with van der Waals surface area (Å²) in [7, 11) is 0. The summed E-state index contributed by atoms with van der Waals surface area (Å²) in [5.41, 5.74) is 0.610. The molecule has 0 heterocycles. The van der Waals surface area contributed by atoms with E-state index in [1.807, 2.05) is 26.8 Å². The first-order valence-electron chi connectivity index (χ1n) is 5.75. The van der Waals surface area contributed by atoms with Gasteiger partial charge in [-0.15, -0.1) is 0 Å². The Bertz CT molecular complexity index is 315. The van der Waals surface area contributed by atoms with E-state index in [9.17, 15) is 9.59 Å². The van der Waals surface area contributed by atoms with Gasteiger partial charge in [0.15, 0.2) is 0 Å². The topological polar surface area (TPSA) is 43.4 Å². The minimum Gasteiger partial charge on any atom is -0.465 e. The maximum absolute atomic E-state index is 11.7. The second-order valence-corrected chi connectivity index (χ2v) is 5.02. The Kier molecular flexibility index (Phi) is 3.89. The highest BCUT2D eigenvalue weighted by atomic mass is 16.5. The van der Waals surface area contributed by atoms with Gasteiger partial charge in [0.25, 0.3) is 0 Å². The molecule has 0 radical (unpaired) electrons. The van der Waals surface area contributed by atoms with Crippen molar-refractivity contribution in [2.24, 2.45) is 17.3 Å². The van der Waals surface area contributed by atoms with Gasteiger partial charge in [-0.2, -0.15) is 0 Å². The monoisotopic (exact) mass is 224 g/mol. The largest absolute Gasteiger partial charge is 0.465 e. The molecule has 2 atom stereocenters. The van der Waals surface area contributed by atoms with Crippen LogP contribution in [-0.4, -0.2) is 18.9 Å². The fourth-order valence-corrected chi connectivity index (χ4v) is 2.05. The molecule has 1 rings (SSSR count). The number of rotatable bonds is 5. The van der Waals surface area contributed by atoms with E-state index in [1.165, 1.54) is 0 Å². The number of aldehydes is 1. The number of carbonyl (C=O) groups is 2. The van der Waals surface area contributed by atoms with Crippen molar-refractivity contribution in [1.29, 1.82) is 0 Å². The van der Waals surface area contributed by atoms with Gasteiger partial charge in [-0.25, -0.2) is 0 Å². The average molecular weight is 224 g/mol. The van der Waals surface area contributed by atoms with Crippen molar-refractivity contribution in [2.45, 2.75) is 34.1 Å². The van der Waals surface area contributed by atoms with Gasteiger partial charge in [-0.3, -0.25) is 9.59 Å². The summed E-state index contributed by atoms with van der Waals surface area (Å²) in [6, 6.07) is 0. The SMILES string of the molecule is CCCOC(=O)C1C(/C=C(/C)C=O)C1(C)C. The van der Waals surface area contributed by atoms with Crippen LogP contribution in [0.1, 0.15) is 34.1 Å². The van der Waals surface area contributed by atoms with E-state index in [0.29, 0.717) is 12.2 Å². The second-order valence-electron chi connectivity index (χ2n) is 5.02. The molecule has 3 nitrogen and oxygen atoms in total. The molecular formula is C13H20O3. The molecule has 0 spiro atoms. The van der Waals surface area contributed by atoms with Gasteiger partial charge >= 0.3 is 5.97 Å². The molecule has 0 N–H and O–H groups in total. The molecule has 2 unspecified atom stereocenters. The van der Waals surface area contributed by atoms with Crippen molar-refractivity contribution in [3.63, 3.8) is 0 Å². The molecule has 0 bridgehead atoms. The third-order valence-electron chi connectivity index (χ3n) is 3.24. The maximum atomic E-state index is 11.7. The fraction of sp³-hybridized carbons (Fsp3) is 0.692. The number of hydrogen-bond acceptors (Lipinski definition) is 3. The van der Waals surface area contributed by atoms with Crippen LogP contribution < -0.4 is 0 Å². The molecule has 3 heteroatoms. The van der Waals surface area contributed by atoms with Crippen LogP contribution in [0.15, 0.2) is 11.6 Å². The molecule has 1 aliphatic carbocycles. The number of ether oxygens (including phenoxy) is 1. The lowest BCUT2D eigenvalue weighted by Crippen LogP contribution is -2.11. The van der Waals surface area contributed by atoms with Crippen LogP contribution in [0.2, 0.25) is 0 Å². The minimum absolute atomic E-state index is 0.0743. The standard InChI is InChI=1S/C13H20O3/c1-5-6-16-12(15)11-10(13(11,3)4)7-9(2)8-14/h7-8,10-11H,5-6H2,1-4H3/b9-7-. The van der Waals surface area contributed by atoms with Gasteiger partial charge in [0, 0.05) is 0 Å². The van der Waals surface area contributed by atoms with Crippen LogP contribution in [0.5, 0.6) is 0 Å². The van der Waals surface area contributed by atoms with Crippen molar-refractivity contribution in [1.82, 2.24) is 0 Å². The lowest BCUT2D eigenvalue weighted by molar-refractivity contribution is -0.146. The molecule has 0 amide bonds. The third-order valence-corrected chi connectivity index (χ3v) is 3.24. The van der Waals surface area contributed by atoms with E-state index in [4.69, 9.17) is 4.74 Å². The highest BCUT2D eigenvalue weighted by molar-refractivity contribution is 5.79. The molecule has 0 aliphatic heterocycles. The van der Waals surface area contributed by atoms with Gasteiger partial charge < -0.3 is 4.74 Å². The average Bonchev–Trinajstić information content (AvgIpc) is 2.77. The number of esters is 1.